The van der Waals surface area contributed by atoms with Gasteiger partial charge in [0.25, 0.3) is 0 Å². The Labute approximate surface area is 139 Å². The van der Waals surface area contributed by atoms with E-state index in [2.05, 4.69) is 73.6 Å². The van der Waals surface area contributed by atoms with Crippen LogP contribution in [-0.4, -0.2) is 4.98 Å². The van der Waals surface area contributed by atoms with Gasteiger partial charge in [0, 0.05) is 10.8 Å². The summed E-state index contributed by atoms with van der Waals surface area (Å²) in [6.07, 6.45) is 0. The van der Waals surface area contributed by atoms with Crippen molar-refractivity contribution in [3.05, 3.63) is 51.6 Å². The molecule has 3 aromatic rings. The maximum atomic E-state index is 5.07. The summed E-state index contributed by atoms with van der Waals surface area (Å²) >= 11 is 0. The summed E-state index contributed by atoms with van der Waals surface area (Å²) < 4.78 is 0. The van der Waals surface area contributed by atoms with Crippen molar-refractivity contribution in [1.29, 1.82) is 0 Å². The molecule has 2 aromatic carbocycles. The Hall–Kier alpha value is -1.89. The maximum absolute atomic E-state index is 5.07. The van der Waals surface area contributed by atoms with Crippen LogP contribution in [0.4, 0.5) is 0 Å². The van der Waals surface area contributed by atoms with Crippen LogP contribution in [0.1, 0.15) is 54.2 Å². The zero-order valence-corrected chi connectivity index (χ0v) is 15.7. The molecule has 0 aliphatic heterocycles. The molecule has 1 heterocycles. The molecule has 0 bridgehead atoms. The Kier molecular flexibility index (Phi) is 3.51. The fourth-order valence-electron chi connectivity index (χ4n) is 3.65. The molecule has 0 spiro atoms. The Morgan fingerprint density at radius 1 is 0.783 bits per heavy atom. The Balaban J connectivity index is 2.68. The summed E-state index contributed by atoms with van der Waals surface area (Å²) in [5.41, 5.74) is 10.5. The largest absolute Gasteiger partial charge is 0.247 e. The molecule has 3 rings (SSSR count). The van der Waals surface area contributed by atoms with Crippen molar-refractivity contribution in [2.45, 2.75) is 60.8 Å². The van der Waals surface area contributed by atoms with Gasteiger partial charge >= 0.3 is 0 Å². The van der Waals surface area contributed by atoms with Gasteiger partial charge in [0.1, 0.15) is 0 Å². The van der Waals surface area contributed by atoms with Gasteiger partial charge < -0.3 is 0 Å². The van der Waals surface area contributed by atoms with E-state index in [1.807, 2.05) is 0 Å². The molecule has 1 nitrogen and oxygen atoms in total. The van der Waals surface area contributed by atoms with E-state index in [-0.39, 0.29) is 5.41 Å². The SMILES string of the molecule is Cc1cc2nc3c(C)c(C)ccc3c(C(C)(C)C)c2c(C)c1C. The van der Waals surface area contributed by atoms with E-state index >= 15 is 0 Å². The number of aryl methyl sites for hydroxylation is 4. The molecule has 0 saturated heterocycles. The lowest BCUT2D eigenvalue weighted by Crippen LogP contribution is -2.14. The lowest BCUT2D eigenvalue weighted by Gasteiger charge is -2.26. The second-order valence-electron chi connectivity index (χ2n) is 7.98. The zero-order valence-electron chi connectivity index (χ0n) is 15.7. The Bertz CT molecular complexity index is 940. The van der Waals surface area contributed by atoms with E-state index in [0.29, 0.717) is 0 Å². The van der Waals surface area contributed by atoms with Crippen LogP contribution in [0.2, 0.25) is 0 Å². The summed E-state index contributed by atoms with van der Waals surface area (Å²) in [5, 5.41) is 2.65. The lowest BCUT2D eigenvalue weighted by atomic mass is 9.79. The molecule has 0 radical (unpaired) electrons. The fraction of sp³-hybridized carbons (Fsp3) is 0.409. The molecule has 0 aliphatic rings. The average Bonchev–Trinajstić information content (AvgIpc) is 2.46. The first-order chi connectivity index (χ1) is 10.6. The molecule has 0 atom stereocenters. The number of pyridine rings is 1. The topological polar surface area (TPSA) is 12.9 Å². The highest BCUT2D eigenvalue weighted by atomic mass is 14.7. The highest BCUT2D eigenvalue weighted by Gasteiger charge is 2.24. The number of hydrogen-bond acceptors (Lipinski definition) is 1. The summed E-state index contributed by atoms with van der Waals surface area (Å²) in [5.74, 6) is 0. The number of aromatic nitrogens is 1. The van der Waals surface area contributed by atoms with Crippen LogP contribution in [0.3, 0.4) is 0 Å². The second-order valence-corrected chi connectivity index (χ2v) is 7.98. The molecule has 120 valence electrons. The summed E-state index contributed by atoms with van der Waals surface area (Å²) in [4.78, 5) is 5.07. The number of nitrogens with zero attached hydrogens (tertiary/aromatic N) is 1. The van der Waals surface area contributed by atoms with Crippen molar-refractivity contribution >= 4 is 21.8 Å². The predicted octanol–water partition coefficient (Wildman–Crippen LogP) is 6.23. The first-order valence-electron chi connectivity index (χ1n) is 8.44. The standard InChI is InChI=1S/C22H27N/c1-12-9-10-17-20(22(6,7)8)19-16(5)14(3)13(2)11-18(19)23-21(17)15(12)4/h9-11H,1-8H3. The predicted molar refractivity (Wildman–Crippen MR) is 102 cm³/mol. The third-order valence-corrected chi connectivity index (χ3v) is 5.34. The lowest BCUT2D eigenvalue weighted by molar-refractivity contribution is 0.600. The van der Waals surface area contributed by atoms with Crippen LogP contribution in [0.5, 0.6) is 0 Å². The van der Waals surface area contributed by atoms with E-state index in [9.17, 15) is 0 Å². The highest BCUT2D eigenvalue weighted by Crippen LogP contribution is 2.39. The first-order valence-corrected chi connectivity index (χ1v) is 8.44. The smallest absolute Gasteiger partial charge is 0.0744 e. The van der Waals surface area contributed by atoms with E-state index in [1.165, 1.54) is 44.2 Å². The monoisotopic (exact) mass is 305 g/mol. The van der Waals surface area contributed by atoms with E-state index in [1.54, 1.807) is 0 Å². The minimum Gasteiger partial charge on any atom is -0.247 e. The molecule has 1 heteroatoms. The number of hydrogen-bond donors (Lipinski definition) is 0. The quantitative estimate of drug-likeness (QED) is 0.449. The second kappa shape index (κ2) is 5.06. The van der Waals surface area contributed by atoms with Crippen LogP contribution >= 0.6 is 0 Å². The summed E-state index contributed by atoms with van der Waals surface area (Å²) in [6, 6.07) is 6.75. The number of benzene rings is 2. The van der Waals surface area contributed by atoms with Gasteiger partial charge in [-0.15, -0.1) is 0 Å². The van der Waals surface area contributed by atoms with Crippen LogP contribution in [0, 0.1) is 34.6 Å². The van der Waals surface area contributed by atoms with Gasteiger partial charge in [0.05, 0.1) is 11.0 Å². The molecule has 0 amide bonds. The van der Waals surface area contributed by atoms with E-state index < -0.39 is 0 Å². The molecular formula is C22H27N. The first kappa shape index (κ1) is 16.0. The minimum atomic E-state index is 0.0770. The Morgan fingerprint density at radius 3 is 2.04 bits per heavy atom. The highest BCUT2D eigenvalue weighted by molar-refractivity contribution is 6.02. The maximum Gasteiger partial charge on any atom is 0.0744 e. The number of rotatable bonds is 0. The molecule has 0 saturated carbocycles. The van der Waals surface area contributed by atoms with Gasteiger partial charge in [-0.2, -0.15) is 0 Å². The van der Waals surface area contributed by atoms with Crippen molar-refractivity contribution in [2.75, 3.05) is 0 Å². The van der Waals surface area contributed by atoms with Crippen LogP contribution < -0.4 is 0 Å². The Morgan fingerprint density at radius 2 is 1.43 bits per heavy atom. The molecule has 0 fully saturated rings. The molecule has 23 heavy (non-hydrogen) atoms. The van der Waals surface area contributed by atoms with Gasteiger partial charge in [-0.05, 0) is 79.5 Å². The van der Waals surface area contributed by atoms with Crippen molar-refractivity contribution in [1.82, 2.24) is 4.98 Å². The number of fused-ring (bicyclic) bond motifs is 2. The van der Waals surface area contributed by atoms with Gasteiger partial charge in [-0.3, -0.25) is 0 Å². The minimum absolute atomic E-state index is 0.0770. The summed E-state index contributed by atoms with van der Waals surface area (Å²) in [7, 11) is 0. The molecule has 0 aliphatic carbocycles. The van der Waals surface area contributed by atoms with Gasteiger partial charge in [0.2, 0.25) is 0 Å². The third-order valence-electron chi connectivity index (χ3n) is 5.34. The van der Waals surface area contributed by atoms with Gasteiger partial charge in [0.15, 0.2) is 0 Å². The van der Waals surface area contributed by atoms with Gasteiger partial charge in [-0.1, -0.05) is 32.9 Å². The van der Waals surface area contributed by atoms with Crippen molar-refractivity contribution < 1.29 is 0 Å². The van der Waals surface area contributed by atoms with Crippen LogP contribution in [0.25, 0.3) is 21.8 Å². The molecule has 0 N–H and O–H groups in total. The third kappa shape index (κ3) is 2.34. The van der Waals surface area contributed by atoms with Crippen LogP contribution in [0.15, 0.2) is 18.2 Å². The zero-order chi connectivity index (χ0) is 17.1. The molecule has 0 unspecified atom stereocenters. The summed E-state index contributed by atoms with van der Waals surface area (Å²) in [6.45, 7) is 17.9. The van der Waals surface area contributed by atoms with Crippen molar-refractivity contribution in [3.63, 3.8) is 0 Å². The average molecular weight is 305 g/mol. The fourth-order valence-corrected chi connectivity index (χ4v) is 3.65. The van der Waals surface area contributed by atoms with Gasteiger partial charge in [-0.25, -0.2) is 4.98 Å². The molecule has 1 aromatic heterocycles. The van der Waals surface area contributed by atoms with E-state index in [0.717, 1.165) is 11.0 Å². The van der Waals surface area contributed by atoms with E-state index in [4.69, 9.17) is 4.98 Å². The normalized spacial score (nSPS) is 12.3. The van der Waals surface area contributed by atoms with Crippen molar-refractivity contribution in [3.8, 4) is 0 Å². The van der Waals surface area contributed by atoms with Crippen molar-refractivity contribution in [2.24, 2.45) is 0 Å². The molecular weight excluding hydrogens is 278 g/mol. The van der Waals surface area contributed by atoms with Crippen LogP contribution in [-0.2, 0) is 5.41 Å².